The molecule has 0 amide bonds. The van der Waals surface area contributed by atoms with Crippen LogP contribution in [0.25, 0.3) is 11.1 Å². The van der Waals surface area contributed by atoms with Gasteiger partial charge in [0.1, 0.15) is 11.4 Å². The van der Waals surface area contributed by atoms with Gasteiger partial charge >= 0.3 is 0 Å². The van der Waals surface area contributed by atoms with Gasteiger partial charge in [-0.15, -0.1) is 0 Å². The lowest BCUT2D eigenvalue weighted by atomic mass is 9.65. The van der Waals surface area contributed by atoms with Crippen LogP contribution in [0.4, 0.5) is 0 Å². The Hall–Kier alpha value is -3.60. The molecule has 2 N–H and O–H groups in total. The van der Waals surface area contributed by atoms with Crippen LogP contribution in [-0.2, 0) is 12.0 Å². The van der Waals surface area contributed by atoms with E-state index in [1.54, 1.807) is 6.20 Å². The Balaban J connectivity index is 1.48. The van der Waals surface area contributed by atoms with Crippen molar-refractivity contribution in [2.75, 3.05) is 7.05 Å². The van der Waals surface area contributed by atoms with Gasteiger partial charge in [-0.25, -0.2) is 4.99 Å². The second kappa shape index (κ2) is 6.00. The molecular formula is C27H24N4O. The molecule has 4 aliphatic rings. The van der Waals surface area contributed by atoms with Crippen molar-refractivity contribution in [3.63, 3.8) is 0 Å². The summed E-state index contributed by atoms with van der Waals surface area (Å²) in [6.45, 7) is 0. The van der Waals surface area contributed by atoms with Crippen LogP contribution in [0.15, 0.2) is 83.8 Å². The SMILES string of the molecule is CN1C2=CC3CC4(CCc5ccccc53)Oc3ccc(-c5cccnc5)cc3C24N=C1N. The van der Waals surface area contributed by atoms with Crippen LogP contribution in [-0.4, -0.2) is 28.5 Å². The molecule has 2 aliphatic carbocycles. The lowest BCUT2D eigenvalue weighted by Crippen LogP contribution is -2.54. The van der Waals surface area contributed by atoms with Crippen LogP contribution in [0.5, 0.6) is 5.75 Å². The number of aliphatic imine (C=N–C) groups is 1. The van der Waals surface area contributed by atoms with E-state index < -0.39 is 11.1 Å². The summed E-state index contributed by atoms with van der Waals surface area (Å²) in [5, 5.41) is 0. The van der Waals surface area contributed by atoms with Crippen LogP contribution in [0.1, 0.15) is 35.4 Å². The summed E-state index contributed by atoms with van der Waals surface area (Å²) in [4.78, 5) is 11.6. The number of benzene rings is 2. The van der Waals surface area contributed by atoms with E-state index >= 15 is 0 Å². The Kier molecular flexibility index (Phi) is 3.38. The minimum atomic E-state index is -0.613. The van der Waals surface area contributed by atoms with Crippen molar-refractivity contribution in [2.45, 2.75) is 36.3 Å². The van der Waals surface area contributed by atoms with Gasteiger partial charge in [0.15, 0.2) is 11.5 Å². The van der Waals surface area contributed by atoms with E-state index in [0.717, 1.165) is 47.4 Å². The number of aromatic nitrogens is 1. The topological polar surface area (TPSA) is 63.7 Å². The van der Waals surface area contributed by atoms with Crippen LogP contribution in [0.3, 0.4) is 0 Å². The molecule has 0 fully saturated rings. The summed E-state index contributed by atoms with van der Waals surface area (Å²) in [5.74, 6) is 1.76. The smallest absolute Gasteiger partial charge is 0.196 e. The zero-order valence-corrected chi connectivity index (χ0v) is 18.0. The lowest BCUT2D eigenvalue weighted by Gasteiger charge is -2.45. The van der Waals surface area contributed by atoms with Crippen molar-refractivity contribution in [1.29, 1.82) is 0 Å². The first-order chi connectivity index (χ1) is 15.6. The molecule has 5 heteroatoms. The van der Waals surface area contributed by atoms with E-state index in [4.69, 9.17) is 15.5 Å². The summed E-state index contributed by atoms with van der Waals surface area (Å²) in [5.41, 5.74) is 12.7. The number of guanidine groups is 1. The number of nitrogens with zero attached hydrogens (tertiary/aromatic N) is 3. The number of ether oxygens (including phenoxy) is 1. The molecule has 2 bridgehead atoms. The molecule has 7 rings (SSSR count). The van der Waals surface area contributed by atoms with Crippen molar-refractivity contribution < 1.29 is 4.74 Å². The number of aryl methyl sites for hydroxylation is 1. The number of fused-ring (bicyclic) bond motifs is 4. The monoisotopic (exact) mass is 420 g/mol. The van der Waals surface area contributed by atoms with E-state index in [2.05, 4.69) is 64.5 Å². The average Bonchev–Trinajstić information content (AvgIpc) is 3.20. The van der Waals surface area contributed by atoms with Crippen molar-refractivity contribution >= 4 is 5.96 Å². The van der Waals surface area contributed by atoms with E-state index in [-0.39, 0.29) is 5.92 Å². The molecule has 2 aliphatic heterocycles. The number of pyridine rings is 1. The fraction of sp³-hybridized carbons (Fsp3) is 0.259. The highest BCUT2D eigenvalue weighted by atomic mass is 16.5. The molecule has 158 valence electrons. The number of nitrogens with two attached hydrogens (primary N) is 1. The standard InChI is InChI=1S/C27H24N4O/c1-31-24-14-20-15-26(11-10-17-5-2-3-7-21(17)20)27(24,30-25(31)28)22-13-18(8-9-23(22)32-26)19-6-4-12-29-16-19/h2-9,12-14,16,20H,10-11,15H2,1H3,(H2,28,30). The molecule has 3 unspecified atom stereocenters. The van der Waals surface area contributed by atoms with Crippen molar-refractivity contribution in [3.8, 4) is 16.9 Å². The van der Waals surface area contributed by atoms with Gasteiger partial charge in [0.05, 0.1) is 5.70 Å². The van der Waals surface area contributed by atoms with Crippen LogP contribution in [0.2, 0.25) is 0 Å². The quantitative estimate of drug-likeness (QED) is 0.636. The highest BCUT2D eigenvalue weighted by Crippen LogP contribution is 2.65. The maximum atomic E-state index is 6.93. The maximum Gasteiger partial charge on any atom is 0.196 e. The van der Waals surface area contributed by atoms with Crippen molar-refractivity contribution in [2.24, 2.45) is 10.7 Å². The zero-order valence-electron chi connectivity index (χ0n) is 18.0. The zero-order chi connectivity index (χ0) is 21.5. The second-order valence-electron chi connectivity index (χ2n) is 9.35. The van der Waals surface area contributed by atoms with E-state index in [9.17, 15) is 0 Å². The molecule has 32 heavy (non-hydrogen) atoms. The second-order valence-corrected chi connectivity index (χ2v) is 9.35. The third kappa shape index (κ3) is 2.08. The van der Waals surface area contributed by atoms with E-state index in [1.807, 2.05) is 19.3 Å². The number of rotatable bonds is 1. The van der Waals surface area contributed by atoms with Crippen molar-refractivity contribution in [3.05, 3.63) is 95.5 Å². The number of hydrogen-bond acceptors (Lipinski definition) is 5. The molecular weight excluding hydrogens is 396 g/mol. The van der Waals surface area contributed by atoms with Gasteiger partial charge < -0.3 is 15.4 Å². The molecule has 3 heterocycles. The highest BCUT2D eigenvalue weighted by Gasteiger charge is 2.68. The average molecular weight is 421 g/mol. The van der Waals surface area contributed by atoms with E-state index in [1.165, 1.54) is 11.1 Å². The first-order valence-electron chi connectivity index (χ1n) is 11.2. The Bertz CT molecular complexity index is 1330. The summed E-state index contributed by atoms with van der Waals surface area (Å²) in [6.07, 6.45) is 8.86. The molecule has 5 nitrogen and oxygen atoms in total. The van der Waals surface area contributed by atoms with Gasteiger partial charge in [-0.1, -0.05) is 42.5 Å². The summed E-state index contributed by atoms with van der Waals surface area (Å²) >= 11 is 0. The Morgan fingerprint density at radius 2 is 2.00 bits per heavy atom. The molecule has 3 atom stereocenters. The third-order valence-electron chi connectivity index (χ3n) is 7.85. The molecule has 0 saturated heterocycles. The van der Waals surface area contributed by atoms with Crippen molar-refractivity contribution in [1.82, 2.24) is 9.88 Å². The predicted octanol–water partition coefficient (Wildman–Crippen LogP) is 4.35. The Morgan fingerprint density at radius 1 is 1.09 bits per heavy atom. The van der Waals surface area contributed by atoms with Gasteiger partial charge in [-0.3, -0.25) is 4.98 Å². The molecule has 2 spiro atoms. The Labute approximate surface area is 187 Å². The summed E-state index contributed by atoms with van der Waals surface area (Å²) in [7, 11) is 2.03. The fourth-order valence-corrected chi connectivity index (χ4v) is 6.37. The summed E-state index contributed by atoms with van der Waals surface area (Å²) in [6, 6.07) is 19.3. The van der Waals surface area contributed by atoms with E-state index in [0.29, 0.717) is 5.96 Å². The van der Waals surface area contributed by atoms with Crippen LogP contribution < -0.4 is 10.5 Å². The molecule has 3 aromatic rings. The molecule has 2 aromatic carbocycles. The highest BCUT2D eigenvalue weighted by molar-refractivity contribution is 5.86. The van der Waals surface area contributed by atoms with Crippen LogP contribution in [0, 0.1) is 0 Å². The first kappa shape index (κ1) is 18.0. The minimum Gasteiger partial charge on any atom is -0.483 e. The van der Waals surface area contributed by atoms with Gasteiger partial charge in [0.2, 0.25) is 0 Å². The molecule has 0 radical (unpaired) electrons. The molecule has 1 aromatic heterocycles. The van der Waals surface area contributed by atoms with Gasteiger partial charge in [0.25, 0.3) is 0 Å². The Morgan fingerprint density at radius 3 is 2.88 bits per heavy atom. The number of likely N-dealkylation sites (N-methyl/N-ethyl adjacent to an activating group) is 1. The largest absolute Gasteiger partial charge is 0.483 e. The first-order valence-corrected chi connectivity index (χ1v) is 11.2. The normalized spacial score (nSPS) is 29.0. The maximum absolute atomic E-state index is 6.93. The number of hydrogen-bond donors (Lipinski definition) is 1. The van der Waals surface area contributed by atoms with Crippen LogP contribution >= 0.6 is 0 Å². The fourth-order valence-electron chi connectivity index (χ4n) is 6.37. The van der Waals surface area contributed by atoms with Gasteiger partial charge in [-0.2, -0.15) is 0 Å². The third-order valence-corrected chi connectivity index (χ3v) is 7.85. The van der Waals surface area contributed by atoms with Gasteiger partial charge in [-0.05, 0) is 47.7 Å². The number of allylic oxidation sites excluding steroid dienone is 1. The lowest BCUT2D eigenvalue weighted by molar-refractivity contribution is 0.00855. The molecule has 0 saturated carbocycles. The minimum absolute atomic E-state index is 0.285. The van der Waals surface area contributed by atoms with Gasteiger partial charge in [0, 0.05) is 42.9 Å². The predicted molar refractivity (Wildman–Crippen MR) is 124 cm³/mol. The summed E-state index contributed by atoms with van der Waals surface area (Å²) < 4.78 is 6.93.